The Balaban J connectivity index is 1.30. The number of likely N-dealkylation sites (tertiary alicyclic amines) is 1. The second kappa shape index (κ2) is 10.5. The molecule has 0 radical (unpaired) electrons. The van der Waals surface area contributed by atoms with Crippen molar-refractivity contribution < 1.29 is 22.3 Å². The van der Waals surface area contributed by atoms with E-state index >= 15 is 0 Å². The molecule has 3 saturated heterocycles. The molecule has 13 heteroatoms. The molecule has 3 aromatic rings. The summed E-state index contributed by atoms with van der Waals surface area (Å²) in [7, 11) is -1.32. The lowest BCUT2D eigenvalue weighted by Gasteiger charge is -2.41. The zero-order chi connectivity index (χ0) is 29.2. The van der Waals surface area contributed by atoms with Gasteiger partial charge in [0.2, 0.25) is 0 Å². The molecule has 4 fully saturated rings. The summed E-state index contributed by atoms with van der Waals surface area (Å²) in [5, 5.41) is 5.88. The van der Waals surface area contributed by atoms with Gasteiger partial charge in [0.05, 0.1) is 35.2 Å². The van der Waals surface area contributed by atoms with Crippen LogP contribution in [0.25, 0.3) is 16.7 Å². The number of halogens is 1. The maximum absolute atomic E-state index is 13.8. The molecule has 11 nitrogen and oxygen atoms in total. The normalized spacial score (nSPS) is 23.7. The lowest BCUT2D eigenvalue weighted by Crippen LogP contribution is -2.49. The van der Waals surface area contributed by atoms with Gasteiger partial charge in [-0.15, -0.1) is 0 Å². The lowest BCUT2D eigenvalue weighted by molar-refractivity contribution is 0.00662. The average Bonchev–Trinajstić information content (AvgIpc) is 3.67. The fourth-order valence-electron chi connectivity index (χ4n) is 6.79. The predicted molar refractivity (Wildman–Crippen MR) is 156 cm³/mol. The number of nitrogens with one attached hydrogen (secondary N) is 1. The molecule has 224 valence electrons. The molecule has 5 heterocycles. The third-order valence-corrected chi connectivity index (χ3v) is 10.8. The van der Waals surface area contributed by atoms with Crippen LogP contribution < -0.4 is 9.62 Å². The Morgan fingerprint density at radius 2 is 1.83 bits per heavy atom. The molecular formula is C29H36FN7O4S. The fraction of sp³-hybridized carbons (Fsp3) is 0.552. The second-order valence-corrected chi connectivity index (χ2v) is 14.0. The van der Waals surface area contributed by atoms with Gasteiger partial charge in [-0.3, -0.25) is 9.69 Å². The van der Waals surface area contributed by atoms with Crippen molar-refractivity contribution in [1.82, 2.24) is 28.7 Å². The van der Waals surface area contributed by atoms with E-state index in [1.54, 1.807) is 22.9 Å². The maximum Gasteiger partial charge on any atom is 0.303 e. The molecule has 2 bridgehead atoms. The molecule has 1 amide bonds. The fourth-order valence-corrected chi connectivity index (χ4v) is 7.32. The molecule has 2 unspecified atom stereocenters. The molecule has 2 aromatic heterocycles. The summed E-state index contributed by atoms with van der Waals surface area (Å²) in [6.07, 6.45) is 6.58. The predicted octanol–water partition coefficient (Wildman–Crippen LogP) is 2.81. The Hall–Kier alpha value is -3.13. The molecule has 1 N–H and O–H groups in total. The number of piperidine rings is 1. The van der Waals surface area contributed by atoms with Gasteiger partial charge in [-0.05, 0) is 62.4 Å². The van der Waals surface area contributed by atoms with E-state index in [4.69, 9.17) is 14.8 Å². The molecular weight excluding hydrogens is 561 g/mol. The molecule has 1 aliphatic carbocycles. The first-order valence-electron chi connectivity index (χ1n) is 14.7. The minimum absolute atomic E-state index is 0.0116. The first-order chi connectivity index (χ1) is 20.2. The first kappa shape index (κ1) is 27.7. The lowest BCUT2D eigenvalue weighted by atomic mass is 9.82. The van der Waals surface area contributed by atoms with Crippen molar-refractivity contribution in [2.45, 2.75) is 62.6 Å². The minimum atomic E-state index is -4.03. The van der Waals surface area contributed by atoms with Crippen molar-refractivity contribution in [2.24, 2.45) is 0 Å². The van der Waals surface area contributed by atoms with E-state index in [-0.39, 0.29) is 17.4 Å². The van der Waals surface area contributed by atoms with Crippen molar-refractivity contribution in [1.29, 1.82) is 0 Å². The number of carbonyl (C=O) groups excluding carboxylic acids is 1. The topological polar surface area (TPSA) is 113 Å². The van der Waals surface area contributed by atoms with Crippen molar-refractivity contribution in [3.63, 3.8) is 0 Å². The number of amides is 1. The van der Waals surface area contributed by atoms with Crippen molar-refractivity contribution in [3.8, 4) is 5.69 Å². The summed E-state index contributed by atoms with van der Waals surface area (Å²) < 4.78 is 49.4. The first-order valence-corrected chi connectivity index (χ1v) is 16.2. The Bertz CT molecular complexity index is 1610. The molecule has 2 atom stereocenters. The minimum Gasteiger partial charge on any atom is -0.375 e. The van der Waals surface area contributed by atoms with Gasteiger partial charge < -0.3 is 9.64 Å². The van der Waals surface area contributed by atoms with E-state index < -0.39 is 16.1 Å². The SMILES string of the molecule is CN(C)S(=O)(=O)NC(=O)c1cc(N2CCC(N3CC4CC3CO4)CC2)c2c(C3CCC3)nn(-c3ccc(F)cc3)c2n1. The van der Waals surface area contributed by atoms with E-state index in [1.165, 1.54) is 26.2 Å². The Labute approximate surface area is 244 Å². The number of hydrogen-bond acceptors (Lipinski definition) is 8. The van der Waals surface area contributed by atoms with E-state index in [0.29, 0.717) is 29.5 Å². The van der Waals surface area contributed by atoms with Crippen LogP contribution in [0, 0.1) is 5.82 Å². The number of carbonyl (C=O) groups is 1. The standard InChI is InChI=1S/C29H36FN7O4S/c1-34(2)42(39,40)33-29(38)24-15-25(35-12-10-20(11-13-35)36-16-23-14-22(36)17-41-23)26-27(18-4-3-5-18)32-37(28(26)31-24)21-8-6-19(30)7-9-21/h6-9,15,18,20,22-23H,3-5,10-14,16-17H2,1-2H3,(H,33,38). The highest BCUT2D eigenvalue weighted by Crippen LogP contribution is 2.43. The van der Waals surface area contributed by atoms with Crippen LogP contribution in [0.15, 0.2) is 30.3 Å². The number of rotatable bonds is 7. The largest absolute Gasteiger partial charge is 0.375 e. The van der Waals surface area contributed by atoms with Gasteiger partial charge in [-0.2, -0.15) is 17.8 Å². The van der Waals surface area contributed by atoms with E-state index in [2.05, 4.69) is 14.5 Å². The van der Waals surface area contributed by atoms with E-state index in [1.807, 2.05) is 0 Å². The van der Waals surface area contributed by atoms with Gasteiger partial charge in [0.1, 0.15) is 11.5 Å². The van der Waals surface area contributed by atoms with Crippen LogP contribution in [0.3, 0.4) is 0 Å². The van der Waals surface area contributed by atoms with Gasteiger partial charge in [0.15, 0.2) is 5.65 Å². The molecule has 1 saturated carbocycles. The van der Waals surface area contributed by atoms with Crippen LogP contribution in [0.5, 0.6) is 0 Å². The number of hydrogen-bond donors (Lipinski definition) is 1. The zero-order valence-corrected chi connectivity index (χ0v) is 24.7. The van der Waals surface area contributed by atoms with Crippen LogP contribution in [0.1, 0.15) is 60.6 Å². The Morgan fingerprint density at radius 1 is 1.10 bits per heavy atom. The van der Waals surface area contributed by atoms with Crippen LogP contribution in [0.4, 0.5) is 10.1 Å². The van der Waals surface area contributed by atoms with Gasteiger partial charge in [0.25, 0.3) is 5.91 Å². The monoisotopic (exact) mass is 597 g/mol. The average molecular weight is 598 g/mol. The van der Waals surface area contributed by atoms with E-state index in [0.717, 1.165) is 85.8 Å². The van der Waals surface area contributed by atoms with Crippen LogP contribution in [0.2, 0.25) is 0 Å². The maximum atomic E-state index is 13.8. The molecule has 3 aliphatic heterocycles. The molecule has 0 spiro atoms. The van der Waals surface area contributed by atoms with Crippen LogP contribution in [-0.4, -0.2) is 96.8 Å². The number of pyridine rings is 1. The van der Waals surface area contributed by atoms with Gasteiger partial charge in [0, 0.05) is 51.7 Å². The van der Waals surface area contributed by atoms with Gasteiger partial charge in [-0.1, -0.05) is 6.42 Å². The third kappa shape index (κ3) is 4.85. The number of fused-ring (bicyclic) bond motifs is 3. The van der Waals surface area contributed by atoms with Crippen LogP contribution in [-0.2, 0) is 14.9 Å². The highest BCUT2D eigenvalue weighted by molar-refractivity contribution is 7.87. The third-order valence-electron chi connectivity index (χ3n) is 9.36. The highest BCUT2D eigenvalue weighted by Gasteiger charge is 2.43. The molecule has 42 heavy (non-hydrogen) atoms. The number of aromatic nitrogens is 3. The Morgan fingerprint density at radius 3 is 2.43 bits per heavy atom. The number of anilines is 1. The summed E-state index contributed by atoms with van der Waals surface area (Å²) in [5.74, 6) is -0.911. The smallest absolute Gasteiger partial charge is 0.303 e. The summed E-state index contributed by atoms with van der Waals surface area (Å²) in [5.41, 5.74) is 2.83. The zero-order valence-electron chi connectivity index (χ0n) is 23.9. The number of nitrogens with zero attached hydrogens (tertiary/aromatic N) is 6. The molecule has 4 aliphatic rings. The number of morpholine rings is 1. The summed E-state index contributed by atoms with van der Waals surface area (Å²) in [6, 6.07) is 8.71. The van der Waals surface area contributed by atoms with Crippen molar-refractivity contribution in [3.05, 3.63) is 47.5 Å². The Kier molecular flexibility index (Phi) is 6.95. The highest BCUT2D eigenvalue weighted by atomic mass is 32.2. The quantitative estimate of drug-likeness (QED) is 0.443. The van der Waals surface area contributed by atoms with Gasteiger partial charge in [-0.25, -0.2) is 18.8 Å². The van der Waals surface area contributed by atoms with Crippen molar-refractivity contribution >= 4 is 32.8 Å². The molecule has 7 rings (SSSR count). The van der Waals surface area contributed by atoms with E-state index in [9.17, 15) is 17.6 Å². The second-order valence-electron chi connectivity index (χ2n) is 12.1. The molecule has 1 aromatic carbocycles. The number of benzene rings is 1. The summed E-state index contributed by atoms with van der Waals surface area (Å²) in [6.45, 7) is 3.40. The number of ether oxygens (including phenoxy) is 1. The van der Waals surface area contributed by atoms with Gasteiger partial charge >= 0.3 is 10.2 Å². The van der Waals surface area contributed by atoms with Crippen molar-refractivity contribution in [2.75, 3.05) is 45.2 Å². The van der Waals surface area contributed by atoms with Crippen LogP contribution >= 0.6 is 0 Å². The summed E-state index contributed by atoms with van der Waals surface area (Å²) >= 11 is 0. The summed E-state index contributed by atoms with van der Waals surface area (Å²) in [4.78, 5) is 23.0.